The normalized spacial score (nSPS) is 10.8. The van der Waals surface area contributed by atoms with Crippen LogP contribution in [-0.2, 0) is 29.1 Å². The highest BCUT2D eigenvalue weighted by Crippen LogP contribution is 2.23. The molecule has 0 amide bonds. The van der Waals surface area contributed by atoms with Crippen LogP contribution in [0.4, 0.5) is 0 Å². The number of aromatic nitrogens is 3. The second-order valence-corrected chi connectivity index (χ2v) is 7.99. The number of methoxy groups -OCH3 is 1. The van der Waals surface area contributed by atoms with Crippen LogP contribution in [0, 0.1) is 6.92 Å². The lowest BCUT2D eigenvalue weighted by atomic mass is 10.2. The maximum absolute atomic E-state index is 11.7. The van der Waals surface area contributed by atoms with Gasteiger partial charge in [0.1, 0.15) is 23.8 Å². The van der Waals surface area contributed by atoms with Gasteiger partial charge in [0, 0.05) is 23.7 Å². The molecule has 4 aromatic rings. The van der Waals surface area contributed by atoms with Gasteiger partial charge in [0.25, 0.3) is 0 Å². The third-order valence-electron chi connectivity index (χ3n) is 5.45. The summed E-state index contributed by atoms with van der Waals surface area (Å²) in [5.41, 5.74) is 3.64. The van der Waals surface area contributed by atoms with Gasteiger partial charge in [-0.15, -0.1) is 5.10 Å². The highest BCUT2D eigenvalue weighted by atomic mass is 16.5. The first-order valence-electron chi connectivity index (χ1n) is 11.5. The predicted octanol–water partition coefficient (Wildman–Crippen LogP) is 4.98. The molecule has 0 saturated heterocycles. The Morgan fingerprint density at radius 1 is 1.09 bits per heavy atom. The molecule has 0 atom stereocenters. The number of carbonyl (C=O) groups excluding carboxylic acids is 1. The zero-order valence-corrected chi connectivity index (χ0v) is 20.2. The summed E-state index contributed by atoms with van der Waals surface area (Å²) in [7, 11) is 1.58. The number of benzene rings is 2. The van der Waals surface area contributed by atoms with Crippen LogP contribution >= 0.6 is 0 Å². The molecule has 0 radical (unpaired) electrons. The van der Waals surface area contributed by atoms with Crippen molar-refractivity contribution in [3.8, 4) is 23.1 Å². The van der Waals surface area contributed by atoms with E-state index in [2.05, 4.69) is 10.1 Å². The lowest BCUT2D eigenvalue weighted by molar-refractivity contribution is -0.143. The van der Waals surface area contributed by atoms with Gasteiger partial charge in [-0.05, 0) is 50.1 Å². The summed E-state index contributed by atoms with van der Waals surface area (Å²) in [5, 5.41) is 4.48. The lowest BCUT2D eigenvalue weighted by Crippen LogP contribution is -2.05. The molecule has 0 aliphatic rings. The van der Waals surface area contributed by atoms with E-state index in [1.807, 2.05) is 67.7 Å². The zero-order chi connectivity index (χ0) is 24.6. The Hall–Kier alpha value is -4.07. The average Bonchev–Trinajstić information content (AvgIpc) is 3.45. The molecule has 0 aliphatic carbocycles. The van der Waals surface area contributed by atoms with E-state index in [1.54, 1.807) is 18.7 Å². The Balaban J connectivity index is 1.34. The summed E-state index contributed by atoms with van der Waals surface area (Å²) in [6, 6.07) is 17.6. The van der Waals surface area contributed by atoms with Gasteiger partial charge in [-0.2, -0.15) is 0 Å². The van der Waals surface area contributed by atoms with Crippen molar-refractivity contribution in [1.29, 1.82) is 0 Å². The first-order valence-corrected chi connectivity index (χ1v) is 11.5. The van der Waals surface area contributed by atoms with Crippen LogP contribution in [0.25, 0.3) is 11.5 Å². The molecule has 35 heavy (non-hydrogen) atoms. The molecule has 0 unspecified atom stereocenters. The van der Waals surface area contributed by atoms with E-state index in [9.17, 15) is 4.79 Å². The van der Waals surface area contributed by atoms with Crippen molar-refractivity contribution >= 4 is 5.97 Å². The molecule has 0 bridgehead atoms. The summed E-state index contributed by atoms with van der Waals surface area (Å²) in [6.07, 6.45) is 2.71. The van der Waals surface area contributed by atoms with Crippen LogP contribution in [-0.4, -0.2) is 34.5 Å². The summed E-state index contributed by atoms with van der Waals surface area (Å²) in [4.78, 5) is 16.2. The Kier molecular flexibility index (Phi) is 7.82. The van der Waals surface area contributed by atoms with Gasteiger partial charge in [-0.1, -0.05) is 30.3 Å². The third kappa shape index (κ3) is 6.29. The minimum Gasteiger partial charge on any atom is -0.487 e. The van der Waals surface area contributed by atoms with E-state index in [4.69, 9.17) is 18.6 Å². The number of nitrogens with zero attached hydrogens (tertiary/aromatic N) is 3. The van der Waals surface area contributed by atoms with Crippen molar-refractivity contribution in [3.63, 3.8) is 0 Å². The van der Waals surface area contributed by atoms with Gasteiger partial charge in [-0.3, -0.25) is 9.48 Å². The van der Waals surface area contributed by atoms with Crippen molar-refractivity contribution in [2.45, 2.75) is 39.8 Å². The molecule has 8 heteroatoms. The SMILES string of the molecule is CCOC(=O)CCc1cn(Cc2ccc(OCc3nc(-c4ccccc4)oc3C)cc2)nc1OC. The number of hydrogen-bond donors (Lipinski definition) is 0. The number of aryl methyl sites for hydroxylation is 2. The molecule has 2 heterocycles. The molecular weight excluding hydrogens is 446 g/mol. The highest BCUT2D eigenvalue weighted by molar-refractivity contribution is 5.69. The number of esters is 1. The molecule has 0 saturated carbocycles. The Bertz CT molecular complexity index is 1250. The number of rotatable bonds is 11. The number of carbonyl (C=O) groups is 1. The van der Waals surface area contributed by atoms with Crippen molar-refractivity contribution in [1.82, 2.24) is 14.8 Å². The van der Waals surface area contributed by atoms with Gasteiger partial charge in [0.15, 0.2) is 0 Å². The first kappa shape index (κ1) is 24.1. The fourth-order valence-corrected chi connectivity index (χ4v) is 3.64. The molecule has 0 fully saturated rings. The standard InChI is InChI=1S/C27H29N3O5/c1-4-33-25(31)15-12-22-17-30(29-27(22)32-3)16-20-10-13-23(14-11-20)34-18-24-19(2)35-26(28-24)21-8-6-5-7-9-21/h5-11,13-14,17H,4,12,15-16,18H2,1-3H3. The number of hydrogen-bond acceptors (Lipinski definition) is 7. The van der Waals surface area contributed by atoms with E-state index in [0.29, 0.717) is 44.4 Å². The second-order valence-electron chi connectivity index (χ2n) is 7.99. The van der Waals surface area contributed by atoms with E-state index in [0.717, 1.165) is 33.9 Å². The fraction of sp³-hybridized carbons (Fsp3) is 0.296. The highest BCUT2D eigenvalue weighted by Gasteiger charge is 2.14. The van der Waals surface area contributed by atoms with Crippen LogP contribution in [0.2, 0.25) is 0 Å². The third-order valence-corrected chi connectivity index (χ3v) is 5.45. The van der Waals surface area contributed by atoms with Crippen molar-refractivity contribution in [2.24, 2.45) is 0 Å². The molecule has 2 aromatic carbocycles. The van der Waals surface area contributed by atoms with E-state index >= 15 is 0 Å². The van der Waals surface area contributed by atoms with Crippen molar-refractivity contribution < 1.29 is 23.4 Å². The fourth-order valence-electron chi connectivity index (χ4n) is 3.64. The largest absolute Gasteiger partial charge is 0.487 e. The minimum absolute atomic E-state index is 0.227. The number of oxazole rings is 1. The maximum atomic E-state index is 11.7. The molecular formula is C27H29N3O5. The quantitative estimate of drug-likeness (QED) is 0.283. The predicted molar refractivity (Wildman–Crippen MR) is 130 cm³/mol. The number of ether oxygens (including phenoxy) is 3. The molecule has 8 nitrogen and oxygen atoms in total. The van der Waals surface area contributed by atoms with Crippen molar-refractivity contribution in [2.75, 3.05) is 13.7 Å². The van der Waals surface area contributed by atoms with Gasteiger partial charge < -0.3 is 18.6 Å². The molecule has 2 aromatic heterocycles. The van der Waals surface area contributed by atoms with Crippen LogP contribution in [0.3, 0.4) is 0 Å². The van der Waals surface area contributed by atoms with E-state index < -0.39 is 0 Å². The van der Waals surface area contributed by atoms with Crippen LogP contribution in [0.1, 0.15) is 35.9 Å². The molecule has 0 N–H and O–H groups in total. The minimum atomic E-state index is -0.227. The average molecular weight is 476 g/mol. The first-order chi connectivity index (χ1) is 17.1. The summed E-state index contributed by atoms with van der Waals surface area (Å²) in [5.74, 6) is 2.37. The monoisotopic (exact) mass is 475 g/mol. The van der Waals surface area contributed by atoms with Crippen LogP contribution in [0.5, 0.6) is 11.6 Å². The van der Waals surface area contributed by atoms with Gasteiger partial charge >= 0.3 is 5.97 Å². The smallest absolute Gasteiger partial charge is 0.306 e. The Labute approximate surface area is 204 Å². The van der Waals surface area contributed by atoms with E-state index in [1.165, 1.54) is 0 Å². The maximum Gasteiger partial charge on any atom is 0.306 e. The summed E-state index contributed by atoms with van der Waals surface area (Å²) < 4.78 is 23.9. The molecule has 0 aliphatic heterocycles. The van der Waals surface area contributed by atoms with E-state index in [-0.39, 0.29) is 5.97 Å². The van der Waals surface area contributed by atoms with Gasteiger partial charge in [-0.25, -0.2) is 4.98 Å². The van der Waals surface area contributed by atoms with Gasteiger partial charge in [0.05, 0.1) is 20.3 Å². The van der Waals surface area contributed by atoms with Crippen molar-refractivity contribution in [3.05, 3.63) is 83.4 Å². The Morgan fingerprint density at radius 3 is 2.57 bits per heavy atom. The molecule has 0 spiro atoms. The van der Waals surface area contributed by atoms with Crippen LogP contribution in [0.15, 0.2) is 65.2 Å². The summed E-state index contributed by atoms with van der Waals surface area (Å²) >= 11 is 0. The lowest BCUT2D eigenvalue weighted by Gasteiger charge is -2.06. The second kappa shape index (κ2) is 11.4. The topological polar surface area (TPSA) is 88.6 Å². The molecule has 4 rings (SSSR count). The Morgan fingerprint density at radius 2 is 1.86 bits per heavy atom. The van der Waals surface area contributed by atoms with Gasteiger partial charge in [0.2, 0.25) is 11.8 Å². The summed E-state index contributed by atoms with van der Waals surface area (Å²) in [6.45, 7) is 4.95. The van der Waals surface area contributed by atoms with Crippen LogP contribution < -0.4 is 9.47 Å². The molecule has 182 valence electrons. The zero-order valence-electron chi connectivity index (χ0n) is 20.2.